The Morgan fingerprint density at radius 1 is 1.69 bits per heavy atom. The minimum absolute atomic E-state index is 0. The zero-order chi connectivity index (χ0) is 11.1. The highest BCUT2D eigenvalue weighted by atomic mass is 35.5. The molecule has 0 aliphatic rings. The molecule has 1 atom stereocenters. The number of esters is 1. The van der Waals surface area contributed by atoms with Gasteiger partial charge in [0.2, 0.25) is 0 Å². The Hall–Kier alpha value is -0.230. The molecule has 1 N–H and O–H groups in total. The average Bonchev–Trinajstić information content (AvgIpc) is 2.72. The molecular weight excluding hydrogens is 266 g/mol. The monoisotopic (exact) mass is 281 g/mol. The van der Waals surface area contributed by atoms with Gasteiger partial charge in [-0.15, -0.1) is 23.7 Å². The number of halogens is 1. The van der Waals surface area contributed by atoms with E-state index in [1.54, 1.807) is 18.3 Å². The van der Waals surface area contributed by atoms with Crippen LogP contribution in [0.15, 0.2) is 17.5 Å². The van der Waals surface area contributed by atoms with Crippen molar-refractivity contribution in [1.29, 1.82) is 0 Å². The third kappa shape index (κ3) is 5.21. The molecule has 0 aliphatic carbocycles. The van der Waals surface area contributed by atoms with Gasteiger partial charge in [-0.2, -0.15) is 12.6 Å². The van der Waals surface area contributed by atoms with E-state index >= 15 is 0 Å². The Morgan fingerprint density at radius 3 is 2.94 bits per heavy atom. The molecule has 0 bridgehead atoms. The van der Waals surface area contributed by atoms with Crippen LogP contribution in [0.1, 0.15) is 11.8 Å². The molecule has 0 unspecified atom stereocenters. The van der Waals surface area contributed by atoms with E-state index in [2.05, 4.69) is 17.9 Å². The minimum Gasteiger partial charge on any atom is -0.465 e. The number of carbonyl (C=O) groups is 1. The Labute approximate surface area is 111 Å². The van der Waals surface area contributed by atoms with Crippen molar-refractivity contribution in [2.45, 2.75) is 19.5 Å². The molecule has 1 heterocycles. The molecule has 92 valence electrons. The van der Waals surface area contributed by atoms with Gasteiger partial charge >= 0.3 is 5.97 Å². The maximum atomic E-state index is 11.4. The van der Waals surface area contributed by atoms with Crippen molar-refractivity contribution in [2.24, 2.45) is 0 Å². The molecule has 3 nitrogen and oxygen atoms in total. The van der Waals surface area contributed by atoms with Crippen LogP contribution in [-0.2, 0) is 16.1 Å². The van der Waals surface area contributed by atoms with Crippen molar-refractivity contribution in [3.63, 3.8) is 0 Å². The molecule has 0 spiro atoms. The number of hydrogen-bond donors (Lipinski definition) is 2. The van der Waals surface area contributed by atoms with Gasteiger partial charge in [-0.05, 0) is 18.4 Å². The topological polar surface area (TPSA) is 38.3 Å². The summed E-state index contributed by atoms with van der Waals surface area (Å²) < 4.78 is 4.92. The SMILES string of the molecule is CCOC(=O)[C@H](CS)NCc1cccs1.Cl. The fourth-order valence-corrected chi connectivity index (χ4v) is 2.04. The highest BCUT2D eigenvalue weighted by molar-refractivity contribution is 7.80. The number of rotatable bonds is 6. The molecule has 16 heavy (non-hydrogen) atoms. The van der Waals surface area contributed by atoms with Gasteiger partial charge in [0, 0.05) is 17.2 Å². The maximum Gasteiger partial charge on any atom is 0.323 e. The first-order chi connectivity index (χ1) is 7.27. The fourth-order valence-electron chi connectivity index (χ4n) is 1.10. The van der Waals surface area contributed by atoms with Crippen molar-refractivity contribution < 1.29 is 9.53 Å². The summed E-state index contributed by atoms with van der Waals surface area (Å²) in [6.45, 7) is 2.89. The first-order valence-electron chi connectivity index (χ1n) is 4.81. The van der Waals surface area contributed by atoms with Gasteiger partial charge in [-0.3, -0.25) is 10.1 Å². The van der Waals surface area contributed by atoms with E-state index in [1.165, 1.54) is 4.88 Å². The largest absolute Gasteiger partial charge is 0.465 e. The van der Waals surface area contributed by atoms with E-state index in [-0.39, 0.29) is 24.4 Å². The molecule has 1 rings (SSSR count). The van der Waals surface area contributed by atoms with Crippen molar-refractivity contribution in [1.82, 2.24) is 5.32 Å². The highest BCUT2D eigenvalue weighted by Crippen LogP contribution is 2.08. The smallest absolute Gasteiger partial charge is 0.323 e. The lowest BCUT2D eigenvalue weighted by Crippen LogP contribution is -2.39. The summed E-state index contributed by atoms with van der Waals surface area (Å²) in [5.74, 6) is 0.216. The van der Waals surface area contributed by atoms with Crippen molar-refractivity contribution in [3.05, 3.63) is 22.4 Å². The fraction of sp³-hybridized carbons (Fsp3) is 0.500. The molecular formula is C10H16ClNO2S2. The Morgan fingerprint density at radius 2 is 2.44 bits per heavy atom. The molecule has 0 saturated heterocycles. The van der Waals surface area contributed by atoms with Crippen LogP contribution in [0.25, 0.3) is 0 Å². The zero-order valence-electron chi connectivity index (χ0n) is 9.01. The van der Waals surface area contributed by atoms with E-state index in [0.717, 1.165) is 0 Å². The summed E-state index contributed by atoms with van der Waals surface area (Å²) >= 11 is 5.78. The van der Waals surface area contributed by atoms with Gasteiger partial charge in [-0.25, -0.2) is 0 Å². The number of thiophene rings is 1. The Kier molecular flexibility index (Phi) is 8.74. The van der Waals surface area contributed by atoms with Gasteiger partial charge in [0.25, 0.3) is 0 Å². The molecule has 1 aromatic heterocycles. The number of thiol groups is 1. The van der Waals surface area contributed by atoms with Crippen LogP contribution < -0.4 is 5.32 Å². The van der Waals surface area contributed by atoms with E-state index in [0.29, 0.717) is 18.9 Å². The first-order valence-corrected chi connectivity index (χ1v) is 6.32. The second kappa shape index (κ2) is 8.87. The molecule has 0 amide bonds. The average molecular weight is 282 g/mol. The van der Waals surface area contributed by atoms with Crippen LogP contribution in [0, 0.1) is 0 Å². The van der Waals surface area contributed by atoms with Gasteiger partial charge in [0.1, 0.15) is 6.04 Å². The second-order valence-electron chi connectivity index (χ2n) is 2.95. The van der Waals surface area contributed by atoms with Crippen LogP contribution in [0.5, 0.6) is 0 Å². The van der Waals surface area contributed by atoms with Gasteiger partial charge in [0.15, 0.2) is 0 Å². The van der Waals surface area contributed by atoms with Crippen LogP contribution in [0.4, 0.5) is 0 Å². The molecule has 6 heteroatoms. The molecule has 0 fully saturated rings. The van der Waals surface area contributed by atoms with E-state index < -0.39 is 0 Å². The number of carbonyl (C=O) groups excluding carboxylic acids is 1. The quantitative estimate of drug-likeness (QED) is 0.620. The summed E-state index contributed by atoms with van der Waals surface area (Å²) in [7, 11) is 0. The summed E-state index contributed by atoms with van der Waals surface area (Å²) in [4.78, 5) is 12.6. The number of nitrogens with one attached hydrogen (secondary N) is 1. The first kappa shape index (κ1) is 15.8. The predicted octanol–water partition coefficient (Wildman–Crippen LogP) is 2.12. The normalized spacial score (nSPS) is 11.6. The van der Waals surface area contributed by atoms with E-state index in [9.17, 15) is 4.79 Å². The number of hydrogen-bond acceptors (Lipinski definition) is 5. The Balaban J connectivity index is 0.00000225. The molecule has 0 radical (unpaired) electrons. The summed E-state index contributed by atoms with van der Waals surface area (Å²) in [5, 5.41) is 5.13. The van der Waals surface area contributed by atoms with Crippen LogP contribution in [0.2, 0.25) is 0 Å². The highest BCUT2D eigenvalue weighted by Gasteiger charge is 2.16. The summed E-state index contributed by atoms with van der Waals surface area (Å²) in [6, 6.07) is 3.69. The summed E-state index contributed by atoms with van der Waals surface area (Å²) in [5.41, 5.74) is 0. The Bertz CT molecular complexity index is 293. The van der Waals surface area contributed by atoms with Crippen molar-refractivity contribution in [3.8, 4) is 0 Å². The lowest BCUT2D eigenvalue weighted by molar-refractivity contribution is -0.145. The summed E-state index contributed by atoms with van der Waals surface area (Å²) in [6.07, 6.45) is 0. The lowest BCUT2D eigenvalue weighted by Gasteiger charge is -2.14. The third-order valence-electron chi connectivity index (χ3n) is 1.86. The van der Waals surface area contributed by atoms with Gasteiger partial charge < -0.3 is 4.74 Å². The molecule has 0 aromatic carbocycles. The van der Waals surface area contributed by atoms with E-state index in [4.69, 9.17) is 4.74 Å². The maximum absolute atomic E-state index is 11.4. The van der Waals surface area contributed by atoms with Crippen LogP contribution in [0.3, 0.4) is 0 Å². The van der Waals surface area contributed by atoms with Crippen LogP contribution in [-0.4, -0.2) is 24.4 Å². The standard InChI is InChI=1S/C10H15NO2S2.ClH/c1-2-13-10(12)9(7-14)11-6-8-4-3-5-15-8;/h3-5,9,11,14H,2,6-7H2,1H3;1H/t9-;/m0./s1. The minimum atomic E-state index is -0.324. The van der Waals surface area contributed by atoms with E-state index in [1.807, 2.05) is 17.5 Å². The second-order valence-corrected chi connectivity index (χ2v) is 4.34. The molecule has 1 aromatic rings. The lowest BCUT2D eigenvalue weighted by atomic mass is 10.3. The van der Waals surface area contributed by atoms with Crippen LogP contribution >= 0.6 is 36.4 Å². The molecule has 0 saturated carbocycles. The van der Waals surface area contributed by atoms with Gasteiger partial charge in [0.05, 0.1) is 6.61 Å². The number of ether oxygens (including phenoxy) is 1. The predicted molar refractivity (Wildman–Crippen MR) is 72.7 cm³/mol. The molecule has 0 aliphatic heterocycles. The third-order valence-corrected chi connectivity index (χ3v) is 3.10. The van der Waals surface area contributed by atoms with Gasteiger partial charge in [-0.1, -0.05) is 6.07 Å². The van der Waals surface area contributed by atoms with Crippen molar-refractivity contribution >= 4 is 42.3 Å². The zero-order valence-corrected chi connectivity index (χ0v) is 11.5. The van der Waals surface area contributed by atoms with Crippen molar-refractivity contribution in [2.75, 3.05) is 12.4 Å².